The van der Waals surface area contributed by atoms with Gasteiger partial charge in [-0.15, -0.1) is 11.3 Å². The molecule has 1 saturated heterocycles. The minimum Gasteiger partial charge on any atom is -0.377 e. The molecule has 0 spiro atoms. The van der Waals surface area contributed by atoms with E-state index in [0.717, 1.165) is 23.8 Å². The lowest BCUT2D eigenvalue weighted by molar-refractivity contribution is -0.136. The van der Waals surface area contributed by atoms with Crippen molar-refractivity contribution < 1.29 is 22.7 Å². The van der Waals surface area contributed by atoms with Crippen molar-refractivity contribution in [1.29, 1.82) is 0 Å². The number of hydrogen-bond donors (Lipinski definition) is 2. The Kier molecular flexibility index (Phi) is 6.65. The zero-order chi connectivity index (χ0) is 21.2. The molecule has 10 heteroatoms. The normalized spacial score (nSPS) is 17.5. The van der Waals surface area contributed by atoms with Crippen LogP contribution < -0.4 is 15.5 Å². The number of pyridine rings is 1. The number of nitrogens with one attached hydrogen (secondary N) is 2. The summed E-state index contributed by atoms with van der Waals surface area (Å²) < 4.78 is 46.5. The third-order valence-corrected chi connectivity index (χ3v) is 5.79. The fraction of sp³-hybridized carbons (Fsp3) is 0.579. The molecule has 160 valence electrons. The summed E-state index contributed by atoms with van der Waals surface area (Å²) in [5.74, 6) is -0.198. The first kappa shape index (κ1) is 21.8. The van der Waals surface area contributed by atoms with E-state index in [1.807, 2.05) is 18.7 Å². The lowest BCUT2D eigenvalue weighted by atomic mass is 10.1. The van der Waals surface area contributed by atoms with Gasteiger partial charge in [0.1, 0.15) is 5.82 Å². The van der Waals surface area contributed by atoms with Crippen molar-refractivity contribution in [3.63, 3.8) is 0 Å². The van der Waals surface area contributed by atoms with Crippen LogP contribution in [0.4, 0.5) is 19.0 Å². The van der Waals surface area contributed by atoms with Crippen LogP contribution in [-0.4, -0.2) is 56.3 Å². The molecule has 6 nitrogen and oxygen atoms in total. The molecule has 3 rings (SSSR count). The van der Waals surface area contributed by atoms with Gasteiger partial charge in [-0.2, -0.15) is 13.2 Å². The molecule has 2 aromatic rings. The van der Waals surface area contributed by atoms with E-state index < -0.39 is 17.6 Å². The van der Waals surface area contributed by atoms with E-state index in [9.17, 15) is 18.0 Å². The number of amides is 1. The predicted octanol–water partition coefficient (Wildman–Crippen LogP) is 3.27. The van der Waals surface area contributed by atoms with Crippen LogP contribution in [0.2, 0.25) is 0 Å². The molecule has 0 bridgehead atoms. The van der Waals surface area contributed by atoms with Crippen molar-refractivity contribution in [2.45, 2.75) is 38.6 Å². The first-order chi connectivity index (χ1) is 13.7. The van der Waals surface area contributed by atoms with Gasteiger partial charge in [-0.25, -0.2) is 4.98 Å². The van der Waals surface area contributed by atoms with Gasteiger partial charge >= 0.3 is 6.18 Å². The minimum atomic E-state index is -4.52. The molecule has 0 aliphatic carbocycles. The van der Waals surface area contributed by atoms with Crippen LogP contribution in [0.15, 0.2) is 11.4 Å². The molecule has 1 amide bonds. The van der Waals surface area contributed by atoms with E-state index >= 15 is 0 Å². The van der Waals surface area contributed by atoms with Crippen LogP contribution in [0.1, 0.15) is 36.2 Å². The molecule has 2 N–H and O–H groups in total. The maximum atomic E-state index is 13.7. The zero-order valence-electron chi connectivity index (χ0n) is 16.6. The van der Waals surface area contributed by atoms with Gasteiger partial charge in [-0.1, -0.05) is 0 Å². The third-order valence-electron chi connectivity index (χ3n) is 4.78. The molecule has 2 aromatic heterocycles. The van der Waals surface area contributed by atoms with Crippen LogP contribution in [0.5, 0.6) is 0 Å². The minimum absolute atomic E-state index is 0.0143. The highest BCUT2D eigenvalue weighted by atomic mass is 32.1. The van der Waals surface area contributed by atoms with Crippen molar-refractivity contribution in [3.8, 4) is 0 Å². The highest BCUT2D eigenvalue weighted by Crippen LogP contribution is 2.40. The number of rotatable bonds is 7. The number of halogens is 3. The summed E-state index contributed by atoms with van der Waals surface area (Å²) in [7, 11) is 1.44. The molecule has 0 radical (unpaired) electrons. The summed E-state index contributed by atoms with van der Waals surface area (Å²) in [5, 5.41) is 7.26. The second-order valence-corrected chi connectivity index (χ2v) is 8.12. The molecule has 1 aliphatic heterocycles. The van der Waals surface area contributed by atoms with Gasteiger partial charge in [0.15, 0.2) is 0 Å². The predicted molar refractivity (Wildman–Crippen MR) is 108 cm³/mol. The largest absolute Gasteiger partial charge is 0.417 e. The average Bonchev–Trinajstić information content (AvgIpc) is 3.29. The van der Waals surface area contributed by atoms with Gasteiger partial charge in [0, 0.05) is 38.1 Å². The molecular weight excluding hydrogens is 405 g/mol. The van der Waals surface area contributed by atoms with E-state index in [2.05, 4.69) is 15.6 Å². The topological polar surface area (TPSA) is 66.5 Å². The van der Waals surface area contributed by atoms with Gasteiger partial charge < -0.3 is 20.3 Å². The number of carbonyl (C=O) groups is 1. The Morgan fingerprint density at radius 2 is 2.21 bits per heavy atom. The van der Waals surface area contributed by atoms with Crippen LogP contribution in [0.3, 0.4) is 0 Å². The summed E-state index contributed by atoms with van der Waals surface area (Å²) in [6, 6.07) is 1.25. The highest BCUT2D eigenvalue weighted by molar-refractivity contribution is 7.17. The van der Waals surface area contributed by atoms with Crippen molar-refractivity contribution in [2.24, 2.45) is 0 Å². The Labute approximate surface area is 171 Å². The van der Waals surface area contributed by atoms with Gasteiger partial charge in [0.05, 0.1) is 34.1 Å². The Hall–Kier alpha value is -1.91. The number of hydrogen-bond acceptors (Lipinski definition) is 6. The SMILES string of the molecule is CNC(=O)c1csc2c(C(F)(F)F)cc(N3CCC(NCCOC(C)C)C3)nc12. The number of anilines is 1. The summed E-state index contributed by atoms with van der Waals surface area (Å²) in [4.78, 5) is 18.3. The lowest BCUT2D eigenvalue weighted by Crippen LogP contribution is -2.35. The van der Waals surface area contributed by atoms with Crippen LogP contribution in [0, 0.1) is 0 Å². The number of ether oxygens (including phenoxy) is 1. The molecule has 3 heterocycles. The number of carbonyl (C=O) groups excluding carboxylic acids is 1. The smallest absolute Gasteiger partial charge is 0.377 e. The summed E-state index contributed by atoms with van der Waals surface area (Å²) >= 11 is 0.891. The molecule has 0 saturated carbocycles. The third kappa shape index (κ3) is 4.99. The fourth-order valence-electron chi connectivity index (χ4n) is 3.36. The first-order valence-corrected chi connectivity index (χ1v) is 10.4. The monoisotopic (exact) mass is 430 g/mol. The molecule has 0 aromatic carbocycles. The second kappa shape index (κ2) is 8.85. The van der Waals surface area contributed by atoms with Crippen LogP contribution in [-0.2, 0) is 10.9 Å². The number of alkyl halides is 3. The molecular formula is C19H25F3N4O2S. The Morgan fingerprint density at radius 3 is 2.86 bits per heavy atom. The molecule has 1 atom stereocenters. The van der Waals surface area contributed by atoms with Crippen molar-refractivity contribution in [1.82, 2.24) is 15.6 Å². The lowest BCUT2D eigenvalue weighted by Gasteiger charge is -2.20. The Balaban J connectivity index is 1.83. The molecule has 29 heavy (non-hydrogen) atoms. The number of nitrogens with zero attached hydrogens (tertiary/aromatic N) is 2. The molecule has 1 fully saturated rings. The number of aromatic nitrogens is 1. The van der Waals surface area contributed by atoms with Gasteiger partial charge in [0.2, 0.25) is 0 Å². The number of fused-ring (bicyclic) bond motifs is 1. The van der Waals surface area contributed by atoms with Crippen molar-refractivity contribution in [2.75, 3.05) is 38.2 Å². The van der Waals surface area contributed by atoms with E-state index in [-0.39, 0.29) is 33.7 Å². The van der Waals surface area contributed by atoms with Crippen molar-refractivity contribution >= 4 is 33.3 Å². The summed E-state index contributed by atoms with van der Waals surface area (Å²) in [6.07, 6.45) is -3.56. The van der Waals surface area contributed by atoms with Crippen LogP contribution in [0.25, 0.3) is 10.2 Å². The van der Waals surface area contributed by atoms with E-state index in [0.29, 0.717) is 26.2 Å². The Morgan fingerprint density at radius 1 is 1.45 bits per heavy atom. The van der Waals surface area contributed by atoms with Crippen molar-refractivity contribution in [3.05, 3.63) is 22.6 Å². The van der Waals surface area contributed by atoms with Gasteiger partial charge in [-0.3, -0.25) is 4.79 Å². The van der Waals surface area contributed by atoms with Gasteiger partial charge in [0.25, 0.3) is 5.91 Å². The maximum absolute atomic E-state index is 13.7. The molecule has 1 unspecified atom stereocenters. The highest BCUT2D eigenvalue weighted by Gasteiger charge is 2.36. The van der Waals surface area contributed by atoms with E-state index in [1.165, 1.54) is 12.4 Å². The van der Waals surface area contributed by atoms with Gasteiger partial charge in [-0.05, 0) is 26.3 Å². The Bertz CT molecular complexity index is 869. The quantitative estimate of drug-likeness (QED) is 0.660. The molecule has 1 aliphatic rings. The number of thiophene rings is 1. The summed E-state index contributed by atoms with van der Waals surface area (Å²) in [6.45, 7) is 6.35. The average molecular weight is 430 g/mol. The van der Waals surface area contributed by atoms with E-state index in [4.69, 9.17) is 4.74 Å². The van der Waals surface area contributed by atoms with E-state index in [1.54, 1.807) is 0 Å². The summed E-state index contributed by atoms with van der Waals surface area (Å²) in [5.41, 5.74) is -0.486. The second-order valence-electron chi connectivity index (χ2n) is 7.24. The first-order valence-electron chi connectivity index (χ1n) is 9.52. The van der Waals surface area contributed by atoms with Crippen LogP contribution >= 0.6 is 11.3 Å². The standard InChI is InChI=1S/C19H25F3N4O2S/c1-11(2)28-7-5-24-12-4-6-26(9-12)15-8-14(19(20,21)22)17-16(25-15)13(10-29-17)18(27)23-3/h8,10-12,24H,4-7,9H2,1-3H3,(H,23,27). The maximum Gasteiger partial charge on any atom is 0.417 e. The zero-order valence-corrected chi connectivity index (χ0v) is 17.4. The fourth-order valence-corrected chi connectivity index (χ4v) is 4.38.